The number of esters is 3. The highest BCUT2D eigenvalue weighted by molar-refractivity contribution is 6.11. The van der Waals surface area contributed by atoms with Crippen LogP contribution in [0.15, 0.2) is 17.9 Å². The van der Waals surface area contributed by atoms with Gasteiger partial charge in [0.2, 0.25) is 6.29 Å². The van der Waals surface area contributed by atoms with Crippen LogP contribution >= 0.6 is 0 Å². The van der Waals surface area contributed by atoms with Crippen molar-refractivity contribution in [2.45, 2.75) is 57.2 Å². The highest BCUT2D eigenvalue weighted by atomic mass is 16.7. The lowest BCUT2D eigenvalue weighted by molar-refractivity contribution is -0.161. The maximum Gasteiger partial charge on any atom is 0.343 e. The smallest absolute Gasteiger partial charge is 0.343 e. The normalized spacial score (nSPS) is 37.0. The molecule has 1 saturated heterocycles. The molecule has 9 unspecified atom stereocenters. The van der Waals surface area contributed by atoms with Gasteiger partial charge >= 0.3 is 17.9 Å². The highest BCUT2D eigenvalue weighted by Crippen LogP contribution is 2.73. The molecular weight excluding hydrogens is 600 g/mol. The van der Waals surface area contributed by atoms with Crippen LogP contribution in [-0.2, 0) is 44.2 Å². The molecule has 12 heteroatoms. The van der Waals surface area contributed by atoms with Crippen LogP contribution < -0.4 is 0 Å². The van der Waals surface area contributed by atoms with Crippen molar-refractivity contribution in [3.63, 3.8) is 0 Å². The minimum absolute atomic E-state index is 0.0618. The Morgan fingerprint density at radius 2 is 1.67 bits per heavy atom. The fourth-order valence-corrected chi connectivity index (χ4v) is 10.1. The first-order valence-electron chi connectivity index (χ1n) is 15.3. The maximum absolute atomic E-state index is 15.0. The monoisotopic (exact) mass is 630 g/mol. The molecular formula is C34H30O12. The first kappa shape index (κ1) is 27.9. The predicted octanol–water partition coefficient (Wildman–Crippen LogP) is 2.94. The van der Waals surface area contributed by atoms with Crippen molar-refractivity contribution in [2.75, 3.05) is 20.3 Å². The van der Waals surface area contributed by atoms with E-state index in [1.807, 2.05) is 6.92 Å². The summed E-state index contributed by atoms with van der Waals surface area (Å²) in [5, 5.41) is 22.4. The number of methoxy groups -OCH3 is 1. The first-order chi connectivity index (χ1) is 21.9. The van der Waals surface area contributed by atoms with Gasteiger partial charge in [-0.15, -0.1) is 0 Å². The zero-order valence-electron chi connectivity index (χ0n) is 25.6. The molecule has 7 aliphatic rings. The number of hydrogen-bond acceptors (Lipinski definition) is 12. The fraction of sp³-hybridized carbons (Fsp3) is 0.471. The van der Waals surface area contributed by atoms with Crippen molar-refractivity contribution in [1.29, 1.82) is 0 Å². The van der Waals surface area contributed by atoms with Crippen LogP contribution in [0.2, 0.25) is 0 Å². The van der Waals surface area contributed by atoms with Crippen LogP contribution in [0.1, 0.15) is 72.7 Å². The number of carbonyl (C=O) groups is 4. The van der Waals surface area contributed by atoms with Crippen LogP contribution in [0.4, 0.5) is 0 Å². The number of phenolic OH excluding ortho intramolecular Hbond substituents is 2. The Morgan fingerprint density at radius 1 is 0.957 bits per heavy atom. The molecule has 0 aromatic heterocycles. The third-order valence-corrected chi connectivity index (χ3v) is 11.5. The molecule has 3 aliphatic carbocycles. The molecule has 9 atom stereocenters. The van der Waals surface area contributed by atoms with Crippen molar-refractivity contribution >= 4 is 29.3 Å². The lowest BCUT2D eigenvalue weighted by Gasteiger charge is -2.53. The number of aromatic hydroxyl groups is 2. The average Bonchev–Trinajstić information content (AvgIpc) is 3.44. The summed E-state index contributed by atoms with van der Waals surface area (Å²) in [6.07, 6.45) is -2.92. The number of ketones is 1. The molecule has 0 radical (unpaired) electrons. The second kappa shape index (κ2) is 8.48. The van der Waals surface area contributed by atoms with Gasteiger partial charge in [0.25, 0.3) is 0 Å². The maximum atomic E-state index is 15.0. The summed E-state index contributed by atoms with van der Waals surface area (Å²) in [6, 6.07) is 2.79. The van der Waals surface area contributed by atoms with Crippen molar-refractivity contribution in [2.24, 2.45) is 23.7 Å². The Bertz CT molecular complexity index is 1920. The molecule has 9 rings (SSSR count). The number of ether oxygens (including phenoxy) is 6. The molecule has 1 saturated carbocycles. The van der Waals surface area contributed by atoms with E-state index in [2.05, 4.69) is 0 Å². The summed E-state index contributed by atoms with van der Waals surface area (Å²) in [7, 11) is 1.44. The van der Waals surface area contributed by atoms with E-state index >= 15 is 4.79 Å². The number of fused-ring (bicyclic) bond motifs is 7. The number of phenols is 2. The zero-order chi connectivity index (χ0) is 32.4. The molecule has 2 N–H and O–H groups in total. The molecule has 12 nitrogen and oxygen atoms in total. The van der Waals surface area contributed by atoms with E-state index in [1.54, 1.807) is 13.8 Å². The van der Waals surface area contributed by atoms with Crippen LogP contribution in [0.3, 0.4) is 0 Å². The fourth-order valence-electron chi connectivity index (χ4n) is 10.1. The van der Waals surface area contributed by atoms with Gasteiger partial charge in [0.1, 0.15) is 52.8 Å². The molecule has 2 aromatic rings. The molecule has 2 aromatic carbocycles. The Balaban J connectivity index is 1.49. The lowest BCUT2D eigenvalue weighted by atomic mass is 9.58. The van der Waals surface area contributed by atoms with Crippen molar-refractivity contribution in [1.82, 2.24) is 0 Å². The Morgan fingerprint density at radius 3 is 2.39 bits per heavy atom. The second-order valence-corrected chi connectivity index (χ2v) is 13.6. The van der Waals surface area contributed by atoms with Crippen LogP contribution in [0.5, 0.6) is 11.5 Å². The van der Waals surface area contributed by atoms with Gasteiger partial charge in [-0.1, -0.05) is 6.92 Å². The van der Waals surface area contributed by atoms with Gasteiger partial charge in [0.15, 0.2) is 5.78 Å². The Kier molecular flexibility index (Phi) is 5.14. The van der Waals surface area contributed by atoms with E-state index in [-0.39, 0.29) is 58.0 Å². The first-order valence-corrected chi connectivity index (χ1v) is 15.3. The Labute approximate surface area is 262 Å². The van der Waals surface area contributed by atoms with Crippen molar-refractivity contribution < 1.29 is 57.8 Å². The van der Waals surface area contributed by atoms with Gasteiger partial charge in [-0.05, 0) is 54.2 Å². The number of aryl methyl sites for hydroxylation is 2. The molecule has 4 heterocycles. The standard InChI is InChI=1S/C34H30O12/c1-10-6-15(37)19-23-16(10)25(38)24-29(44-13(4)35)33(23,9-43-30(19)39)28-27-21-20-18(14(36)7-11(2)22(20)34(24,28)41-5)31(40)45-26(21)17-12(3)8-42-32(17)46-27/h6-7,12,17,24,26,28-29,32,36-37H,8-9H2,1-5H3. The summed E-state index contributed by atoms with van der Waals surface area (Å²) in [6.45, 7) is 6.63. The molecule has 0 amide bonds. The summed E-state index contributed by atoms with van der Waals surface area (Å²) in [4.78, 5) is 55.1. The lowest BCUT2D eigenvalue weighted by Crippen LogP contribution is -2.58. The topological polar surface area (TPSA) is 164 Å². The van der Waals surface area contributed by atoms with E-state index in [1.165, 1.54) is 26.2 Å². The molecule has 4 aliphatic heterocycles. The molecule has 46 heavy (non-hydrogen) atoms. The molecule has 238 valence electrons. The summed E-state index contributed by atoms with van der Waals surface area (Å²) in [5.74, 6) is -5.75. The molecule has 2 bridgehead atoms. The minimum atomic E-state index is -1.67. The van der Waals surface area contributed by atoms with Crippen LogP contribution in [0.25, 0.3) is 5.57 Å². The number of benzene rings is 2. The van der Waals surface area contributed by atoms with Crippen LogP contribution in [0, 0.1) is 37.5 Å². The molecule has 1 spiro atoms. The quantitative estimate of drug-likeness (QED) is 0.369. The third kappa shape index (κ3) is 2.78. The van der Waals surface area contributed by atoms with Crippen molar-refractivity contribution in [3.8, 4) is 11.5 Å². The van der Waals surface area contributed by atoms with Gasteiger partial charge in [-0.2, -0.15) is 0 Å². The van der Waals surface area contributed by atoms with E-state index in [4.69, 9.17) is 28.4 Å². The number of hydrogen-bond donors (Lipinski definition) is 2. The summed E-state index contributed by atoms with van der Waals surface area (Å²) in [5.41, 5.74) is -0.727. The predicted molar refractivity (Wildman–Crippen MR) is 153 cm³/mol. The number of cyclic esters (lactones) is 1. The summed E-state index contributed by atoms with van der Waals surface area (Å²) < 4.78 is 37.5. The van der Waals surface area contributed by atoms with E-state index in [0.29, 0.717) is 34.4 Å². The van der Waals surface area contributed by atoms with Gasteiger partial charge in [0, 0.05) is 30.7 Å². The van der Waals surface area contributed by atoms with Gasteiger partial charge in [-0.25, -0.2) is 9.59 Å². The SMILES string of the molecule is COC12c3c(C)cc(O)c4c3C3=C(OC5OCC(C)C5C3OC4=O)C1C13COC(=O)c4c(O)cc(C)c(c41)C(=O)C2C3OC(C)=O. The second-order valence-electron chi connectivity index (χ2n) is 13.6. The van der Waals surface area contributed by atoms with Gasteiger partial charge < -0.3 is 38.6 Å². The Hall–Kier alpha value is -4.42. The van der Waals surface area contributed by atoms with Crippen LogP contribution in [-0.4, -0.2) is 72.7 Å². The van der Waals surface area contributed by atoms with Crippen molar-refractivity contribution in [3.05, 3.63) is 62.4 Å². The number of rotatable bonds is 2. The minimum Gasteiger partial charge on any atom is -0.507 e. The zero-order valence-corrected chi connectivity index (χ0v) is 25.6. The van der Waals surface area contributed by atoms with Gasteiger partial charge in [-0.3, -0.25) is 9.59 Å². The van der Waals surface area contributed by atoms with E-state index < -0.39 is 65.0 Å². The highest BCUT2D eigenvalue weighted by Gasteiger charge is 2.81. The largest absolute Gasteiger partial charge is 0.507 e. The average molecular weight is 631 g/mol. The van der Waals surface area contributed by atoms with Gasteiger partial charge in [0.05, 0.1) is 29.8 Å². The number of carbonyl (C=O) groups excluding carboxylic acids is 4. The van der Waals surface area contributed by atoms with E-state index in [9.17, 15) is 24.6 Å². The summed E-state index contributed by atoms with van der Waals surface area (Å²) >= 11 is 0. The van der Waals surface area contributed by atoms with E-state index in [0.717, 1.165) is 0 Å². The molecule has 2 fully saturated rings. The number of Topliss-reactive ketones (excluding diaryl/α,β-unsaturated/α-hetero) is 1. The third-order valence-electron chi connectivity index (χ3n) is 11.5.